The number of allylic oxidation sites excluding steroid dienone is 2. The van der Waals surface area contributed by atoms with Gasteiger partial charge in [0.25, 0.3) is 0 Å². The zero-order valence-corrected chi connectivity index (χ0v) is 16.1. The number of anilines is 1. The van der Waals surface area contributed by atoms with Crippen LogP contribution in [0.25, 0.3) is 0 Å². The van der Waals surface area contributed by atoms with Gasteiger partial charge >= 0.3 is 0 Å². The monoisotopic (exact) mass is 370 g/mol. The molecule has 0 spiro atoms. The van der Waals surface area contributed by atoms with Crippen LogP contribution in [-0.4, -0.2) is 23.8 Å². The summed E-state index contributed by atoms with van der Waals surface area (Å²) in [6.07, 6.45) is 6.41. The van der Waals surface area contributed by atoms with Crippen LogP contribution in [0.15, 0.2) is 41.7 Å². The number of Topliss-reactive ketones (excluding diaryl/α,β-unsaturated/α-hetero) is 1. The molecule has 2 rings (SSSR count). The third-order valence-corrected chi connectivity index (χ3v) is 4.29. The van der Waals surface area contributed by atoms with Crippen LogP contribution in [0.2, 0.25) is 0 Å². The van der Waals surface area contributed by atoms with E-state index in [0.29, 0.717) is 29.2 Å². The lowest BCUT2D eigenvalue weighted by Gasteiger charge is -2.16. The molecule has 5 nitrogen and oxygen atoms in total. The summed E-state index contributed by atoms with van der Waals surface area (Å²) in [4.78, 5) is 11.8. The van der Waals surface area contributed by atoms with Gasteiger partial charge in [0.05, 0.1) is 0 Å². The van der Waals surface area contributed by atoms with Gasteiger partial charge in [-0.2, -0.15) is 0 Å². The molecule has 1 aromatic rings. The molecule has 1 aromatic carbocycles. The quantitative estimate of drug-likeness (QED) is 0.356. The lowest BCUT2D eigenvalue weighted by molar-refractivity contribution is 0.101. The van der Waals surface area contributed by atoms with Crippen molar-refractivity contribution in [1.82, 2.24) is 5.32 Å². The third-order valence-electron chi connectivity index (χ3n) is 4.29. The minimum Gasteiger partial charge on any atom is -0.390 e. The van der Waals surface area contributed by atoms with Gasteiger partial charge in [-0.05, 0) is 69.4 Å². The highest BCUT2D eigenvalue weighted by molar-refractivity contribution is 6.00. The standard InChI is InChI=1S/C21H27FN4O/c1-13(23)8-19(9-17(14(2)24)12-25-11-16-4-5-16)26-21-7-6-18(22)10-20(21)15(3)27/h6-8,10,12,16,23-26H,4-5,9,11H2,1-3H3/b17-12-,19-8-,23-13?,24-14?. The molecule has 0 bridgehead atoms. The maximum Gasteiger partial charge on any atom is 0.161 e. The maximum absolute atomic E-state index is 13.5. The number of rotatable bonds is 10. The Morgan fingerprint density at radius 2 is 1.96 bits per heavy atom. The molecule has 0 heterocycles. The predicted octanol–water partition coefficient (Wildman–Crippen LogP) is 4.68. The Labute approximate surface area is 159 Å². The van der Waals surface area contributed by atoms with Crippen LogP contribution in [-0.2, 0) is 0 Å². The Morgan fingerprint density at radius 1 is 1.26 bits per heavy atom. The van der Waals surface area contributed by atoms with Crippen molar-refractivity contribution >= 4 is 22.9 Å². The molecule has 1 aliphatic carbocycles. The van der Waals surface area contributed by atoms with Gasteiger partial charge in [0, 0.05) is 47.5 Å². The first-order valence-electron chi connectivity index (χ1n) is 9.07. The second-order valence-corrected chi connectivity index (χ2v) is 7.05. The summed E-state index contributed by atoms with van der Waals surface area (Å²) in [6, 6.07) is 4.01. The summed E-state index contributed by atoms with van der Waals surface area (Å²) in [6.45, 7) is 5.67. The summed E-state index contributed by atoms with van der Waals surface area (Å²) in [5.74, 6) is 0.00979. The van der Waals surface area contributed by atoms with E-state index in [1.165, 1.54) is 38.0 Å². The molecular formula is C21H27FN4O. The normalized spacial score (nSPS) is 14.7. The van der Waals surface area contributed by atoms with Gasteiger partial charge in [0.2, 0.25) is 0 Å². The van der Waals surface area contributed by atoms with Crippen LogP contribution in [0.3, 0.4) is 0 Å². The van der Waals surface area contributed by atoms with E-state index in [2.05, 4.69) is 10.6 Å². The van der Waals surface area contributed by atoms with Gasteiger partial charge in [-0.15, -0.1) is 0 Å². The fourth-order valence-corrected chi connectivity index (χ4v) is 2.65. The topological polar surface area (TPSA) is 88.8 Å². The van der Waals surface area contributed by atoms with Gasteiger partial charge in [0.15, 0.2) is 5.78 Å². The Bertz CT molecular complexity index is 806. The van der Waals surface area contributed by atoms with Crippen molar-refractivity contribution in [1.29, 1.82) is 10.8 Å². The Morgan fingerprint density at radius 3 is 2.52 bits per heavy atom. The third kappa shape index (κ3) is 6.81. The van der Waals surface area contributed by atoms with Crippen molar-refractivity contribution in [2.45, 2.75) is 40.0 Å². The minimum atomic E-state index is -0.472. The highest BCUT2D eigenvalue weighted by Crippen LogP contribution is 2.27. The van der Waals surface area contributed by atoms with Crippen molar-refractivity contribution in [3.8, 4) is 0 Å². The first-order valence-corrected chi connectivity index (χ1v) is 9.07. The average molecular weight is 370 g/mol. The number of hydrogen-bond acceptors (Lipinski definition) is 5. The number of halogens is 1. The Balaban J connectivity index is 2.23. The van der Waals surface area contributed by atoms with Crippen molar-refractivity contribution in [2.75, 3.05) is 11.9 Å². The largest absolute Gasteiger partial charge is 0.390 e. The smallest absolute Gasteiger partial charge is 0.161 e. The van der Waals surface area contributed by atoms with Crippen molar-refractivity contribution < 1.29 is 9.18 Å². The zero-order chi connectivity index (χ0) is 20.0. The highest BCUT2D eigenvalue weighted by atomic mass is 19.1. The number of carbonyl (C=O) groups excluding carboxylic acids is 1. The number of nitrogens with one attached hydrogen (secondary N) is 4. The summed E-state index contributed by atoms with van der Waals surface area (Å²) < 4.78 is 13.5. The van der Waals surface area contributed by atoms with Crippen molar-refractivity contribution in [2.24, 2.45) is 5.92 Å². The zero-order valence-electron chi connectivity index (χ0n) is 16.1. The predicted molar refractivity (Wildman–Crippen MR) is 108 cm³/mol. The molecule has 4 N–H and O–H groups in total. The maximum atomic E-state index is 13.5. The number of ketones is 1. The van der Waals surface area contributed by atoms with E-state index in [4.69, 9.17) is 10.8 Å². The first-order chi connectivity index (χ1) is 12.8. The lowest BCUT2D eigenvalue weighted by Crippen LogP contribution is -2.14. The summed E-state index contributed by atoms with van der Waals surface area (Å²) >= 11 is 0. The number of benzene rings is 1. The highest BCUT2D eigenvalue weighted by Gasteiger charge is 2.20. The van der Waals surface area contributed by atoms with Gasteiger partial charge in [-0.25, -0.2) is 4.39 Å². The molecule has 1 fully saturated rings. The SMILES string of the molecule is CC(=N)/C=C(/C/C(=C/NCC1CC1)C(C)=N)Nc1ccc(F)cc1C(C)=O. The first kappa shape index (κ1) is 20.6. The molecule has 0 saturated heterocycles. The van der Waals surface area contributed by atoms with E-state index in [9.17, 15) is 9.18 Å². The van der Waals surface area contributed by atoms with Gasteiger partial charge in [0.1, 0.15) is 5.82 Å². The molecule has 0 unspecified atom stereocenters. The van der Waals surface area contributed by atoms with Crippen molar-refractivity contribution in [3.05, 3.63) is 53.1 Å². The Hall–Kier alpha value is -2.76. The Kier molecular flexibility index (Phi) is 7.05. The molecule has 0 radical (unpaired) electrons. The molecule has 0 amide bonds. The van der Waals surface area contributed by atoms with Gasteiger partial charge in [-0.1, -0.05) is 0 Å². The minimum absolute atomic E-state index is 0.243. The van der Waals surface area contributed by atoms with Crippen LogP contribution in [0.4, 0.5) is 10.1 Å². The summed E-state index contributed by atoms with van der Waals surface area (Å²) in [5.41, 5.74) is 2.98. The van der Waals surface area contributed by atoms with E-state index in [1.54, 1.807) is 19.9 Å². The molecular weight excluding hydrogens is 343 g/mol. The number of carbonyl (C=O) groups is 1. The molecule has 0 aromatic heterocycles. The molecule has 27 heavy (non-hydrogen) atoms. The molecule has 1 aliphatic rings. The molecule has 0 atom stereocenters. The molecule has 144 valence electrons. The molecule has 6 heteroatoms. The van der Waals surface area contributed by atoms with E-state index >= 15 is 0 Å². The fraction of sp³-hybridized carbons (Fsp3) is 0.381. The van der Waals surface area contributed by atoms with E-state index in [-0.39, 0.29) is 11.3 Å². The van der Waals surface area contributed by atoms with E-state index in [1.807, 2.05) is 6.20 Å². The second-order valence-electron chi connectivity index (χ2n) is 7.05. The van der Waals surface area contributed by atoms with Crippen LogP contribution >= 0.6 is 0 Å². The van der Waals surface area contributed by atoms with Crippen LogP contribution in [0.1, 0.15) is 50.4 Å². The summed E-state index contributed by atoms with van der Waals surface area (Å²) in [5, 5.41) is 22.2. The van der Waals surface area contributed by atoms with Crippen LogP contribution < -0.4 is 10.6 Å². The summed E-state index contributed by atoms with van der Waals surface area (Å²) in [7, 11) is 0. The van der Waals surface area contributed by atoms with E-state index in [0.717, 1.165) is 18.0 Å². The van der Waals surface area contributed by atoms with Crippen molar-refractivity contribution in [3.63, 3.8) is 0 Å². The van der Waals surface area contributed by atoms with Crippen LogP contribution in [0.5, 0.6) is 0 Å². The molecule has 1 saturated carbocycles. The molecule has 0 aliphatic heterocycles. The average Bonchev–Trinajstić information content (AvgIpc) is 3.38. The number of hydrogen-bond donors (Lipinski definition) is 4. The van der Waals surface area contributed by atoms with Gasteiger partial charge in [-0.3, -0.25) is 4.79 Å². The van der Waals surface area contributed by atoms with Crippen LogP contribution in [0, 0.1) is 22.6 Å². The fourth-order valence-electron chi connectivity index (χ4n) is 2.65. The van der Waals surface area contributed by atoms with E-state index < -0.39 is 5.82 Å². The lowest BCUT2D eigenvalue weighted by atomic mass is 10.0. The van der Waals surface area contributed by atoms with Gasteiger partial charge < -0.3 is 21.5 Å². The second kappa shape index (κ2) is 9.26.